The zero-order chi connectivity index (χ0) is 27.5. The average Bonchev–Trinajstić information content (AvgIpc) is 3.32. The molecule has 0 aliphatic carbocycles. The molecule has 0 bridgehead atoms. The summed E-state index contributed by atoms with van der Waals surface area (Å²) in [6.07, 6.45) is 0. The molecule has 1 amide bonds. The van der Waals surface area contributed by atoms with Gasteiger partial charge in [0.25, 0.3) is 5.91 Å². The largest absolute Gasteiger partial charge is 0.489 e. The molecule has 0 saturated carbocycles. The van der Waals surface area contributed by atoms with Gasteiger partial charge < -0.3 is 15.4 Å². The number of allylic oxidation sites excluding steroid dienone is 1. The number of hydrogen-bond donors (Lipinski definition) is 2. The Kier molecular flexibility index (Phi) is 7.74. The summed E-state index contributed by atoms with van der Waals surface area (Å²) >= 11 is 1.57. The Balaban J connectivity index is 1.47. The lowest BCUT2D eigenvalue weighted by atomic mass is 9.94. The number of carbonyl (C=O) groups excluding carboxylic acids is 1. The van der Waals surface area contributed by atoms with Gasteiger partial charge in [-0.15, -0.1) is 5.10 Å². The number of benzene rings is 3. The Labute approximate surface area is 233 Å². The lowest BCUT2D eigenvalue weighted by molar-refractivity contribution is -0.113. The number of aryl methyl sites for hydroxylation is 2. The van der Waals surface area contributed by atoms with E-state index < -0.39 is 6.04 Å². The molecule has 1 unspecified atom stereocenters. The van der Waals surface area contributed by atoms with E-state index >= 15 is 0 Å². The van der Waals surface area contributed by atoms with Crippen LogP contribution < -0.4 is 15.4 Å². The van der Waals surface area contributed by atoms with Gasteiger partial charge in [0.15, 0.2) is 0 Å². The minimum absolute atomic E-state index is 0.176. The predicted octanol–water partition coefficient (Wildman–Crippen LogP) is 6.82. The van der Waals surface area contributed by atoms with Crippen LogP contribution in [0.4, 0.5) is 11.6 Å². The molecule has 2 heterocycles. The van der Waals surface area contributed by atoms with Gasteiger partial charge in [-0.2, -0.15) is 4.98 Å². The molecule has 1 atom stereocenters. The fraction of sp³-hybridized carbons (Fsp3) is 0.258. The monoisotopic (exact) mass is 539 g/mol. The lowest BCUT2D eigenvalue weighted by Crippen LogP contribution is -2.31. The van der Waals surface area contributed by atoms with Crippen LogP contribution in [0.25, 0.3) is 0 Å². The summed E-state index contributed by atoms with van der Waals surface area (Å²) in [7, 11) is 0. The lowest BCUT2D eigenvalue weighted by Gasteiger charge is -2.29. The smallest absolute Gasteiger partial charge is 0.255 e. The molecule has 200 valence electrons. The van der Waals surface area contributed by atoms with Crippen LogP contribution in [0.2, 0.25) is 0 Å². The molecule has 0 saturated heterocycles. The van der Waals surface area contributed by atoms with E-state index in [9.17, 15) is 4.79 Å². The van der Waals surface area contributed by atoms with Crippen LogP contribution in [-0.2, 0) is 11.4 Å². The Bertz CT molecular complexity index is 1540. The SMILES string of the molecule is CCSc1nc2n(n1)C(c1ccc(OCc3ccccc3C)cc1)C(C(=O)Nc1cccc(C)c1C)=C(C)N2. The Morgan fingerprint density at radius 1 is 1.00 bits per heavy atom. The first-order valence-electron chi connectivity index (χ1n) is 13.1. The molecule has 1 aliphatic heterocycles. The van der Waals surface area contributed by atoms with E-state index in [2.05, 4.69) is 41.6 Å². The zero-order valence-corrected chi connectivity index (χ0v) is 23.7. The molecule has 4 aromatic rings. The highest BCUT2D eigenvalue weighted by atomic mass is 32.2. The number of anilines is 2. The highest BCUT2D eigenvalue weighted by Gasteiger charge is 2.34. The van der Waals surface area contributed by atoms with Crippen molar-refractivity contribution >= 4 is 29.3 Å². The molecular formula is C31H33N5O2S. The summed E-state index contributed by atoms with van der Waals surface area (Å²) in [4.78, 5) is 18.5. The number of hydrogen-bond acceptors (Lipinski definition) is 6. The van der Waals surface area contributed by atoms with E-state index in [1.54, 1.807) is 11.8 Å². The summed E-state index contributed by atoms with van der Waals surface area (Å²) in [5.41, 5.74) is 7.57. The molecule has 7 nitrogen and oxygen atoms in total. The highest BCUT2D eigenvalue weighted by Crippen LogP contribution is 2.37. The maximum absolute atomic E-state index is 13.8. The molecule has 0 fully saturated rings. The second-order valence-electron chi connectivity index (χ2n) is 9.65. The molecule has 0 radical (unpaired) electrons. The van der Waals surface area contributed by atoms with Crippen molar-refractivity contribution in [3.63, 3.8) is 0 Å². The van der Waals surface area contributed by atoms with Gasteiger partial charge in [0.05, 0.1) is 5.57 Å². The van der Waals surface area contributed by atoms with Crippen molar-refractivity contribution in [1.82, 2.24) is 14.8 Å². The van der Waals surface area contributed by atoms with E-state index in [-0.39, 0.29) is 5.91 Å². The second-order valence-corrected chi connectivity index (χ2v) is 10.9. The van der Waals surface area contributed by atoms with Crippen molar-refractivity contribution < 1.29 is 9.53 Å². The van der Waals surface area contributed by atoms with Gasteiger partial charge in [-0.1, -0.05) is 67.2 Å². The number of rotatable bonds is 8. The Morgan fingerprint density at radius 2 is 1.74 bits per heavy atom. The average molecular weight is 540 g/mol. The summed E-state index contributed by atoms with van der Waals surface area (Å²) in [6.45, 7) is 10.6. The van der Waals surface area contributed by atoms with Gasteiger partial charge in [-0.25, -0.2) is 4.68 Å². The topological polar surface area (TPSA) is 81.1 Å². The minimum atomic E-state index is -0.449. The summed E-state index contributed by atoms with van der Waals surface area (Å²) in [6, 6.07) is 21.6. The molecule has 39 heavy (non-hydrogen) atoms. The third-order valence-corrected chi connectivity index (χ3v) is 7.78. The fourth-order valence-corrected chi connectivity index (χ4v) is 5.23. The number of thioether (sulfide) groups is 1. The zero-order valence-electron chi connectivity index (χ0n) is 22.9. The molecule has 3 aromatic carbocycles. The maximum Gasteiger partial charge on any atom is 0.255 e. The highest BCUT2D eigenvalue weighted by molar-refractivity contribution is 7.99. The number of amides is 1. The quantitative estimate of drug-likeness (QED) is 0.239. The minimum Gasteiger partial charge on any atom is -0.489 e. The van der Waals surface area contributed by atoms with Gasteiger partial charge in [0, 0.05) is 11.4 Å². The first-order chi connectivity index (χ1) is 18.9. The van der Waals surface area contributed by atoms with Crippen molar-refractivity contribution in [2.75, 3.05) is 16.4 Å². The van der Waals surface area contributed by atoms with E-state index in [4.69, 9.17) is 9.84 Å². The summed E-state index contributed by atoms with van der Waals surface area (Å²) in [5.74, 6) is 2.06. The number of aromatic nitrogens is 3. The van der Waals surface area contributed by atoms with E-state index in [1.807, 2.05) is 80.1 Å². The third-order valence-electron chi connectivity index (χ3n) is 7.06. The van der Waals surface area contributed by atoms with E-state index in [0.29, 0.717) is 23.3 Å². The summed E-state index contributed by atoms with van der Waals surface area (Å²) in [5, 5.41) is 11.9. The predicted molar refractivity (Wildman–Crippen MR) is 157 cm³/mol. The summed E-state index contributed by atoms with van der Waals surface area (Å²) < 4.78 is 7.89. The Hall–Kier alpha value is -4.04. The standard InChI is InChI=1S/C31H33N5O2S/c1-6-39-31-34-30-32-22(5)27(29(37)33-26-13-9-11-19(2)21(26)4)28(36(30)35-31)23-14-16-25(17-15-23)38-18-24-12-8-7-10-20(24)3/h7-17,28H,6,18H2,1-5H3,(H,33,37)(H,32,34,35). The second kappa shape index (κ2) is 11.4. The van der Waals surface area contributed by atoms with E-state index in [0.717, 1.165) is 45.1 Å². The first-order valence-corrected chi connectivity index (χ1v) is 14.1. The van der Waals surface area contributed by atoms with Crippen LogP contribution in [-0.4, -0.2) is 26.4 Å². The van der Waals surface area contributed by atoms with Crippen molar-refractivity contribution in [2.24, 2.45) is 0 Å². The van der Waals surface area contributed by atoms with Gasteiger partial charge in [0.1, 0.15) is 18.4 Å². The fourth-order valence-electron chi connectivity index (χ4n) is 4.68. The first kappa shape index (κ1) is 26.6. The van der Waals surface area contributed by atoms with Crippen LogP contribution in [0.3, 0.4) is 0 Å². The van der Waals surface area contributed by atoms with Gasteiger partial charge >= 0.3 is 0 Å². The van der Waals surface area contributed by atoms with Crippen LogP contribution in [0.5, 0.6) is 5.75 Å². The molecule has 1 aliphatic rings. The number of fused-ring (bicyclic) bond motifs is 1. The van der Waals surface area contributed by atoms with Crippen molar-refractivity contribution in [3.8, 4) is 5.75 Å². The maximum atomic E-state index is 13.8. The molecule has 5 rings (SSSR count). The number of ether oxygens (including phenoxy) is 1. The Morgan fingerprint density at radius 3 is 2.49 bits per heavy atom. The van der Waals surface area contributed by atoms with Crippen LogP contribution in [0.15, 0.2) is 83.2 Å². The van der Waals surface area contributed by atoms with Gasteiger partial charge in [-0.3, -0.25) is 4.79 Å². The van der Waals surface area contributed by atoms with Crippen LogP contribution in [0.1, 0.15) is 47.7 Å². The van der Waals surface area contributed by atoms with Crippen molar-refractivity contribution in [1.29, 1.82) is 0 Å². The van der Waals surface area contributed by atoms with Crippen LogP contribution >= 0.6 is 11.8 Å². The number of nitrogens with zero attached hydrogens (tertiary/aromatic N) is 3. The van der Waals surface area contributed by atoms with Crippen molar-refractivity contribution in [2.45, 2.75) is 52.4 Å². The molecule has 1 aromatic heterocycles. The molecule has 2 N–H and O–H groups in total. The van der Waals surface area contributed by atoms with E-state index in [1.165, 1.54) is 5.56 Å². The third kappa shape index (κ3) is 5.56. The molecular weight excluding hydrogens is 506 g/mol. The normalized spacial score (nSPS) is 14.5. The number of carbonyl (C=O) groups is 1. The van der Waals surface area contributed by atoms with Crippen molar-refractivity contribution in [3.05, 3.63) is 106 Å². The molecule has 8 heteroatoms. The van der Waals surface area contributed by atoms with Gasteiger partial charge in [-0.05, 0) is 79.5 Å². The number of nitrogens with one attached hydrogen (secondary N) is 2. The van der Waals surface area contributed by atoms with Gasteiger partial charge in [0.2, 0.25) is 11.1 Å². The van der Waals surface area contributed by atoms with Crippen LogP contribution in [0, 0.1) is 20.8 Å². The molecule has 0 spiro atoms.